The van der Waals surface area contributed by atoms with E-state index in [2.05, 4.69) is 16.2 Å². The fourth-order valence-corrected chi connectivity index (χ4v) is 2.72. The van der Waals surface area contributed by atoms with Crippen LogP contribution in [0.1, 0.15) is 6.92 Å². The number of carbonyl (C=O) groups is 1. The zero-order valence-electron chi connectivity index (χ0n) is 15.4. The van der Waals surface area contributed by atoms with Crippen molar-refractivity contribution in [2.24, 2.45) is 0 Å². The van der Waals surface area contributed by atoms with E-state index in [1.807, 2.05) is 36.4 Å². The Morgan fingerprint density at radius 3 is 2.41 bits per heavy atom. The van der Waals surface area contributed by atoms with E-state index in [1.165, 1.54) is 24.3 Å². The second kappa shape index (κ2) is 8.98. The number of hydrogen-bond acceptors (Lipinski definition) is 5. The molecule has 0 heterocycles. The van der Waals surface area contributed by atoms with Gasteiger partial charge in [-0.1, -0.05) is 30.3 Å². The number of thiocarbonyl (C=S) groups is 1. The van der Waals surface area contributed by atoms with Crippen LogP contribution in [0.3, 0.4) is 0 Å². The third kappa shape index (κ3) is 5.39. The van der Waals surface area contributed by atoms with Gasteiger partial charge in [-0.3, -0.25) is 25.8 Å². The molecule has 0 saturated carbocycles. The number of carbonyl (C=O) groups excluding carboxylic acids is 1. The highest BCUT2D eigenvalue weighted by molar-refractivity contribution is 7.80. The lowest BCUT2D eigenvalue weighted by Crippen LogP contribution is -2.48. The number of fused-ring (bicyclic) bond motifs is 1. The van der Waals surface area contributed by atoms with Crippen LogP contribution in [0.2, 0.25) is 0 Å². The Hall–Kier alpha value is -3.72. The van der Waals surface area contributed by atoms with Crippen LogP contribution in [0.4, 0.5) is 11.4 Å². The molecular weight excluding hydrogens is 392 g/mol. The molecule has 3 rings (SSSR count). The summed E-state index contributed by atoms with van der Waals surface area (Å²) in [7, 11) is 0. The molecule has 3 aromatic carbocycles. The predicted octanol–water partition coefficient (Wildman–Crippen LogP) is 3.53. The smallest absolute Gasteiger partial charge is 0.279 e. The average Bonchev–Trinajstić information content (AvgIpc) is 2.72. The average molecular weight is 410 g/mol. The van der Waals surface area contributed by atoms with Crippen LogP contribution in [0.15, 0.2) is 66.7 Å². The Morgan fingerprint density at radius 1 is 1.03 bits per heavy atom. The molecule has 0 aliphatic heterocycles. The first-order valence-corrected chi connectivity index (χ1v) is 9.10. The van der Waals surface area contributed by atoms with Gasteiger partial charge in [0.2, 0.25) is 0 Å². The minimum Gasteiger partial charge on any atom is -0.481 e. The van der Waals surface area contributed by atoms with Gasteiger partial charge >= 0.3 is 0 Å². The zero-order chi connectivity index (χ0) is 20.8. The summed E-state index contributed by atoms with van der Waals surface area (Å²) in [6.45, 7) is 1.62. The fraction of sp³-hybridized carbons (Fsp3) is 0.100. The monoisotopic (exact) mass is 410 g/mol. The van der Waals surface area contributed by atoms with Crippen molar-refractivity contribution in [3.63, 3.8) is 0 Å². The van der Waals surface area contributed by atoms with E-state index in [1.54, 1.807) is 13.0 Å². The van der Waals surface area contributed by atoms with Crippen LogP contribution in [-0.4, -0.2) is 22.0 Å². The highest BCUT2D eigenvalue weighted by Gasteiger charge is 2.15. The normalized spacial score (nSPS) is 11.3. The number of nitrogens with zero attached hydrogens (tertiary/aromatic N) is 1. The minimum absolute atomic E-state index is 0.0256. The van der Waals surface area contributed by atoms with E-state index in [0.29, 0.717) is 11.4 Å². The molecule has 0 spiro atoms. The Kier molecular flexibility index (Phi) is 6.20. The third-order valence-electron chi connectivity index (χ3n) is 4.04. The molecule has 0 aromatic heterocycles. The molecule has 9 heteroatoms. The highest BCUT2D eigenvalue weighted by atomic mass is 32.1. The first kappa shape index (κ1) is 20.0. The largest absolute Gasteiger partial charge is 0.481 e. The number of benzene rings is 3. The van der Waals surface area contributed by atoms with Gasteiger partial charge in [0, 0.05) is 17.8 Å². The van der Waals surface area contributed by atoms with Gasteiger partial charge < -0.3 is 10.1 Å². The summed E-state index contributed by atoms with van der Waals surface area (Å²) in [6, 6.07) is 19.2. The summed E-state index contributed by atoms with van der Waals surface area (Å²) >= 11 is 5.10. The van der Waals surface area contributed by atoms with Gasteiger partial charge in [0.15, 0.2) is 11.2 Å². The van der Waals surface area contributed by atoms with Crippen LogP contribution in [0.25, 0.3) is 10.8 Å². The lowest BCUT2D eigenvalue weighted by molar-refractivity contribution is -0.384. The number of nitrogens with one attached hydrogen (secondary N) is 3. The van der Waals surface area contributed by atoms with Gasteiger partial charge in [0.25, 0.3) is 11.6 Å². The number of anilines is 1. The first-order chi connectivity index (χ1) is 13.9. The maximum atomic E-state index is 12.2. The molecule has 1 atom stereocenters. The van der Waals surface area contributed by atoms with Crippen molar-refractivity contribution < 1.29 is 14.5 Å². The highest BCUT2D eigenvalue weighted by Crippen LogP contribution is 2.21. The van der Waals surface area contributed by atoms with E-state index < -0.39 is 16.9 Å². The molecular formula is C20H18N4O4S. The molecule has 0 fully saturated rings. The summed E-state index contributed by atoms with van der Waals surface area (Å²) in [4.78, 5) is 22.4. The zero-order valence-corrected chi connectivity index (χ0v) is 16.2. The van der Waals surface area contributed by atoms with Crippen molar-refractivity contribution in [1.29, 1.82) is 0 Å². The molecule has 0 saturated heterocycles. The van der Waals surface area contributed by atoms with Crippen LogP contribution in [0.5, 0.6) is 5.75 Å². The van der Waals surface area contributed by atoms with E-state index in [4.69, 9.17) is 17.0 Å². The molecule has 0 aliphatic rings. The number of nitro groups is 1. The molecule has 3 aromatic rings. The fourth-order valence-electron chi connectivity index (χ4n) is 2.55. The Morgan fingerprint density at radius 2 is 1.72 bits per heavy atom. The molecule has 3 N–H and O–H groups in total. The van der Waals surface area contributed by atoms with Gasteiger partial charge in [0.05, 0.1) is 4.92 Å². The number of non-ortho nitro benzene ring substituents is 1. The molecule has 1 amide bonds. The maximum Gasteiger partial charge on any atom is 0.279 e. The van der Waals surface area contributed by atoms with Crippen molar-refractivity contribution in [3.8, 4) is 5.75 Å². The van der Waals surface area contributed by atoms with Gasteiger partial charge in [-0.05, 0) is 54.2 Å². The topological polar surface area (TPSA) is 106 Å². The second-order valence-corrected chi connectivity index (χ2v) is 6.55. The summed E-state index contributed by atoms with van der Waals surface area (Å²) in [5.74, 6) is 0.170. The van der Waals surface area contributed by atoms with Crippen LogP contribution >= 0.6 is 12.2 Å². The van der Waals surface area contributed by atoms with Gasteiger partial charge in [-0.2, -0.15) is 0 Å². The number of rotatable bonds is 5. The van der Waals surface area contributed by atoms with Crippen LogP contribution < -0.4 is 20.9 Å². The van der Waals surface area contributed by atoms with E-state index in [0.717, 1.165) is 10.8 Å². The number of amides is 1. The molecule has 29 heavy (non-hydrogen) atoms. The number of nitro benzene ring substituents is 1. The van der Waals surface area contributed by atoms with E-state index >= 15 is 0 Å². The van der Waals surface area contributed by atoms with E-state index in [9.17, 15) is 14.9 Å². The van der Waals surface area contributed by atoms with Crippen molar-refractivity contribution in [3.05, 3.63) is 76.8 Å². The van der Waals surface area contributed by atoms with Gasteiger partial charge in [0.1, 0.15) is 5.75 Å². The Balaban J connectivity index is 1.49. The van der Waals surface area contributed by atoms with Crippen LogP contribution in [-0.2, 0) is 4.79 Å². The van der Waals surface area contributed by atoms with Gasteiger partial charge in [-0.25, -0.2) is 0 Å². The summed E-state index contributed by atoms with van der Waals surface area (Å²) in [5.41, 5.74) is 5.55. The number of hydrogen-bond donors (Lipinski definition) is 3. The molecule has 0 radical (unpaired) electrons. The summed E-state index contributed by atoms with van der Waals surface area (Å²) < 4.78 is 5.69. The molecule has 0 aliphatic carbocycles. The summed E-state index contributed by atoms with van der Waals surface area (Å²) in [5, 5.41) is 15.7. The quantitative estimate of drug-likeness (QED) is 0.336. The third-order valence-corrected chi connectivity index (χ3v) is 4.24. The SMILES string of the molecule is C[C@H](Oc1ccc2ccccc2c1)C(=O)NNC(=S)Nc1ccc([N+](=O)[O-])cc1. The van der Waals surface area contributed by atoms with Crippen molar-refractivity contribution in [2.45, 2.75) is 13.0 Å². The van der Waals surface area contributed by atoms with Crippen molar-refractivity contribution >= 4 is 45.4 Å². The van der Waals surface area contributed by atoms with Crippen LogP contribution in [0, 0.1) is 10.1 Å². The lowest BCUT2D eigenvalue weighted by atomic mass is 10.1. The van der Waals surface area contributed by atoms with Gasteiger partial charge in [-0.15, -0.1) is 0 Å². The summed E-state index contributed by atoms with van der Waals surface area (Å²) in [6.07, 6.45) is -0.758. The van der Waals surface area contributed by atoms with Crippen molar-refractivity contribution in [1.82, 2.24) is 10.9 Å². The number of ether oxygens (including phenoxy) is 1. The maximum absolute atomic E-state index is 12.2. The molecule has 0 unspecified atom stereocenters. The Bertz CT molecular complexity index is 1060. The predicted molar refractivity (Wildman–Crippen MR) is 115 cm³/mol. The molecule has 8 nitrogen and oxygen atoms in total. The van der Waals surface area contributed by atoms with E-state index in [-0.39, 0.29) is 10.8 Å². The molecule has 148 valence electrons. The first-order valence-electron chi connectivity index (χ1n) is 8.69. The Labute approximate surface area is 172 Å². The standard InChI is InChI=1S/C20H18N4O4S/c1-13(28-18-11-6-14-4-2-3-5-15(14)12-18)19(25)22-23-20(29)21-16-7-9-17(10-8-16)24(26)27/h2-13H,1H3,(H,22,25)(H2,21,23,29)/t13-/m0/s1. The minimum atomic E-state index is -0.758. The lowest BCUT2D eigenvalue weighted by Gasteiger charge is -2.17. The van der Waals surface area contributed by atoms with Crippen molar-refractivity contribution in [2.75, 3.05) is 5.32 Å². The molecule has 0 bridgehead atoms. The second-order valence-electron chi connectivity index (χ2n) is 6.14. The number of hydrazine groups is 1.